The number of nitrogens with one attached hydrogen (secondary N) is 2. The van der Waals surface area contributed by atoms with Gasteiger partial charge in [0.15, 0.2) is 0 Å². The van der Waals surface area contributed by atoms with Gasteiger partial charge in [0.2, 0.25) is 0 Å². The standard InChI is InChI=1S/C13H26N2O2S/c1-3-11(9-18-2)14-13(17)15-12-7-5-4-6-10(12)8-16/h10-12,16H,3-9H2,1-2H3,(H2,14,15,17). The first-order valence-electron chi connectivity index (χ1n) is 6.88. The van der Waals surface area contributed by atoms with Gasteiger partial charge in [0.05, 0.1) is 0 Å². The summed E-state index contributed by atoms with van der Waals surface area (Å²) in [5, 5.41) is 15.3. The van der Waals surface area contributed by atoms with Gasteiger partial charge in [0, 0.05) is 30.4 Å². The predicted octanol–water partition coefficient (Wildman–Crippen LogP) is 1.98. The molecule has 3 N–H and O–H groups in total. The Hall–Kier alpha value is -0.420. The lowest BCUT2D eigenvalue weighted by atomic mass is 9.85. The second-order valence-corrected chi connectivity index (χ2v) is 5.92. The number of hydrogen-bond donors (Lipinski definition) is 3. The van der Waals surface area contributed by atoms with Crippen LogP contribution in [0.5, 0.6) is 0 Å². The highest BCUT2D eigenvalue weighted by Gasteiger charge is 2.26. The topological polar surface area (TPSA) is 61.4 Å². The zero-order chi connectivity index (χ0) is 13.4. The summed E-state index contributed by atoms with van der Waals surface area (Å²) >= 11 is 1.74. The molecule has 1 rings (SSSR count). The fourth-order valence-electron chi connectivity index (χ4n) is 2.47. The molecule has 0 aromatic rings. The fourth-order valence-corrected chi connectivity index (χ4v) is 3.20. The number of amides is 2. The third-order valence-electron chi connectivity index (χ3n) is 3.66. The molecule has 1 aliphatic carbocycles. The number of thioether (sulfide) groups is 1. The van der Waals surface area contributed by atoms with Crippen molar-refractivity contribution in [1.82, 2.24) is 10.6 Å². The second-order valence-electron chi connectivity index (χ2n) is 5.01. The Bertz CT molecular complexity index is 251. The molecule has 0 saturated heterocycles. The molecular formula is C13H26N2O2S. The Morgan fingerprint density at radius 3 is 2.78 bits per heavy atom. The van der Waals surface area contributed by atoms with E-state index in [1.54, 1.807) is 11.8 Å². The van der Waals surface area contributed by atoms with Crippen molar-refractivity contribution in [3.63, 3.8) is 0 Å². The SMILES string of the molecule is CCC(CSC)NC(=O)NC1CCCCC1CO. The Balaban J connectivity index is 2.37. The molecule has 0 aromatic carbocycles. The predicted molar refractivity (Wildman–Crippen MR) is 77.0 cm³/mol. The van der Waals surface area contributed by atoms with E-state index in [0.29, 0.717) is 0 Å². The molecule has 2 amide bonds. The average molecular weight is 274 g/mol. The summed E-state index contributed by atoms with van der Waals surface area (Å²) in [5.41, 5.74) is 0. The molecule has 1 saturated carbocycles. The van der Waals surface area contributed by atoms with Gasteiger partial charge in [-0.25, -0.2) is 4.79 Å². The third kappa shape index (κ3) is 5.06. The van der Waals surface area contributed by atoms with Crippen LogP contribution >= 0.6 is 11.8 Å². The van der Waals surface area contributed by atoms with Gasteiger partial charge in [0.1, 0.15) is 0 Å². The van der Waals surface area contributed by atoms with E-state index in [1.165, 1.54) is 0 Å². The normalized spacial score (nSPS) is 25.5. The zero-order valence-electron chi connectivity index (χ0n) is 11.4. The van der Waals surface area contributed by atoms with Crippen LogP contribution in [-0.2, 0) is 0 Å². The third-order valence-corrected chi connectivity index (χ3v) is 4.39. The summed E-state index contributed by atoms with van der Waals surface area (Å²) < 4.78 is 0. The molecule has 1 fully saturated rings. The van der Waals surface area contributed by atoms with Crippen molar-refractivity contribution in [2.75, 3.05) is 18.6 Å². The molecule has 0 aromatic heterocycles. The van der Waals surface area contributed by atoms with E-state index in [1.807, 2.05) is 6.26 Å². The van der Waals surface area contributed by atoms with Crippen LogP contribution in [0, 0.1) is 5.92 Å². The van der Waals surface area contributed by atoms with Gasteiger partial charge in [-0.15, -0.1) is 0 Å². The van der Waals surface area contributed by atoms with E-state index in [0.717, 1.165) is 37.9 Å². The molecule has 1 aliphatic rings. The fraction of sp³-hybridized carbons (Fsp3) is 0.923. The quantitative estimate of drug-likeness (QED) is 0.694. The van der Waals surface area contributed by atoms with Crippen molar-refractivity contribution in [2.45, 2.75) is 51.1 Å². The first-order chi connectivity index (χ1) is 8.71. The van der Waals surface area contributed by atoms with Crippen LogP contribution in [0.4, 0.5) is 4.79 Å². The first kappa shape index (κ1) is 15.6. The van der Waals surface area contributed by atoms with Crippen LogP contribution in [-0.4, -0.2) is 41.8 Å². The molecule has 18 heavy (non-hydrogen) atoms. The van der Waals surface area contributed by atoms with Crippen LogP contribution < -0.4 is 10.6 Å². The monoisotopic (exact) mass is 274 g/mol. The number of carbonyl (C=O) groups is 1. The molecule has 3 unspecified atom stereocenters. The van der Waals surface area contributed by atoms with Crippen LogP contribution in [0.2, 0.25) is 0 Å². The number of aliphatic hydroxyl groups excluding tert-OH is 1. The molecule has 3 atom stereocenters. The van der Waals surface area contributed by atoms with Gasteiger partial charge in [-0.2, -0.15) is 11.8 Å². The minimum atomic E-state index is -0.0822. The highest BCUT2D eigenvalue weighted by Crippen LogP contribution is 2.23. The van der Waals surface area contributed by atoms with Gasteiger partial charge in [-0.05, 0) is 25.5 Å². The van der Waals surface area contributed by atoms with Crippen molar-refractivity contribution < 1.29 is 9.90 Å². The summed E-state index contributed by atoms with van der Waals surface area (Å²) in [6.45, 7) is 2.26. The van der Waals surface area contributed by atoms with Gasteiger partial charge >= 0.3 is 6.03 Å². The van der Waals surface area contributed by atoms with Gasteiger partial charge in [-0.3, -0.25) is 0 Å². The van der Waals surface area contributed by atoms with Crippen molar-refractivity contribution in [3.8, 4) is 0 Å². The van der Waals surface area contributed by atoms with Crippen LogP contribution in [0.25, 0.3) is 0 Å². The summed E-state index contributed by atoms with van der Waals surface area (Å²) in [6, 6.07) is 0.285. The van der Waals surface area contributed by atoms with Gasteiger partial charge < -0.3 is 15.7 Å². The lowest BCUT2D eigenvalue weighted by molar-refractivity contribution is 0.153. The molecule has 0 spiro atoms. The van der Waals surface area contributed by atoms with E-state index in [2.05, 4.69) is 17.6 Å². The number of hydrogen-bond acceptors (Lipinski definition) is 3. The highest BCUT2D eigenvalue weighted by atomic mass is 32.2. The first-order valence-corrected chi connectivity index (χ1v) is 8.27. The Kier molecular flexibility index (Phi) is 7.51. The summed E-state index contributed by atoms with van der Waals surface area (Å²) in [4.78, 5) is 11.9. The maximum absolute atomic E-state index is 11.9. The van der Waals surface area contributed by atoms with E-state index >= 15 is 0 Å². The van der Waals surface area contributed by atoms with E-state index in [4.69, 9.17) is 0 Å². The molecule has 4 nitrogen and oxygen atoms in total. The Morgan fingerprint density at radius 1 is 1.44 bits per heavy atom. The van der Waals surface area contributed by atoms with Gasteiger partial charge in [-0.1, -0.05) is 19.8 Å². The molecule has 0 heterocycles. The van der Waals surface area contributed by atoms with Crippen LogP contribution in [0.3, 0.4) is 0 Å². The summed E-state index contributed by atoms with van der Waals surface area (Å²) in [6.07, 6.45) is 7.30. The molecular weight excluding hydrogens is 248 g/mol. The van der Waals surface area contributed by atoms with Crippen molar-refractivity contribution in [2.24, 2.45) is 5.92 Å². The zero-order valence-corrected chi connectivity index (χ0v) is 12.3. The molecule has 0 aliphatic heterocycles. The average Bonchev–Trinajstić information content (AvgIpc) is 2.38. The Labute approximate surface area is 114 Å². The number of carbonyl (C=O) groups excluding carboxylic acids is 1. The lowest BCUT2D eigenvalue weighted by Crippen LogP contribution is -2.50. The number of urea groups is 1. The van der Waals surface area contributed by atoms with Crippen LogP contribution in [0.15, 0.2) is 0 Å². The summed E-state index contributed by atoms with van der Waals surface area (Å²) in [5.74, 6) is 1.17. The van der Waals surface area contributed by atoms with Gasteiger partial charge in [0.25, 0.3) is 0 Å². The van der Waals surface area contributed by atoms with Crippen molar-refractivity contribution in [3.05, 3.63) is 0 Å². The largest absolute Gasteiger partial charge is 0.396 e. The van der Waals surface area contributed by atoms with Crippen molar-refractivity contribution in [1.29, 1.82) is 0 Å². The van der Waals surface area contributed by atoms with E-state index in [-0.39, 0.29) is 30.6 Å². The molecule has 5 heteroatoms. The lowest BCUT2D eigenvalue weighted by Gasteiger charge is -2.31. The maximum Gasteiger partial charge on any atom is 0.315 e. The highest BCUT2D eigenvalue weighted by molar-refractivity contribution is 7.98. The number of aliphatic hydroxyl groups is 1. The smallest absolute Gasteiger partial charge is 0.315 e. The summed E-state index contributed by atoms with van der Waals surface area (Å²) in [7, 11) is 0. The molecule has 0 radical (unpaired) electrons. The maximum atomic E-state index is 11.9. The number of rotatable bonds is 6. The minimum Gasteiger partial charge on any atom is -0.396 e. The minimum absolute atomic E-state index is 0.0822. The van der Waals surface area contributed by atoms with E-state index < -0.39 is 0 Å². The van der Waals surface area contributed by atoms with E-state index in [9.17, 15) is 9.90 Å². The molecule has 106 valence electrons. The van der Waals surface area contributed by atoms with Crippen molar-refractivity contribution >= 4 is 17.8 Å². The Morgan fingerprint density at radius 2 is 2.17 bits per heavy atom. The van der Waals surface area contributed by atoms with Crippen LogP contribution in [0.1, 0.15) is 39.0 Å². The second kappa shape index (κ2) is 8.64. The molecule has 0 bridgehead atoms.